The maximum atomic E-state index is 13.0. The molecule has 0 aliphatic carbocycles. The van der Waals surface area contributed by atoms with E-state index in [0.717, 1.165) is 5.56 Å². The van der Waals surface area contributed by atoms with Crippen LogP contribution >= 0.6 is 0 Å². The van der Waals surface area contributed by atoms with Gasteiger partial charge in [0.2, 0.25) is 5.55 Å². The largest absolute Gasteiger partial charge is 0.496 e. The standard InChI is InChI=1S/C23H20N2O4S/c1-15-11-13-16(14-12-15)30(26,27)25-23-21(17-7-3-5-9-19(17)28-2)22(24)18-8-4-6-10-20(18)29-23/h3-14H,24H2,1-2H3/b25-23-. The molecule has 0 radical (unpaired) electrons. The summed E-state index contributed by atoms with van der Waals surface area (Å²) in [6.45, 7) is 1.88. The van der Waals surface area contributed by atoms with Crippen LogP contribution in [-0.2, 0) is 10.0 Å². The fraction of sp³-hybridized carbons (Fsp3) is 0.0870. The van der Waals surface area contributed by atoms with Crippen molar-refractivity contribution in [2.75, 3.05) is 12.8 Å². The van der Waals surface area contributed by atoms with Gasteiger partial charge in [-0.3, -0.25) is 0 Å². The topological polar surface area (TPSA) is 94.9 Å². The Balaban J connectivity index is 2.08. The van der Waals surface area contributed by atoms with Crippen LogP contribution in [0.4, 0.5) is 5.69 Å². The molecular formula is C23H20N2O4S. The number of fused-ring (bicyclic) bond motifs is 1. The molecule has 1 heterocycles. The number of hydrogen-bond donors (Lipinski definition) is 1. The summed E-state index contributed by atoms with van der Waals surface area (Å²) < 4.78 is 41.4. The van der Waals surface area contributed by atoms with Gasteiger partial charge in [0.05, 0.1) is 23.3 Å². The minimum absolute atomic E-state index is 0.0704. The quantitative estimate of drug-likeness (QED) is 0.531. The van der Waals surface area contributed by atoms with Crippen molar-refractivity contribution >= 4 is 26.7 Å². The molecule has 0 fully saturated rings. The maximum Gasteiger partial charge on any atom is 0.285 e. The van der Waals surface area contributed by atoms with E-state index in [-0.39, 0.29) is 10.4 Å². The van der Waals surface area contributed by atoms with Crippen LogP contribution in [0.15, 0.2) is 86.5 Å². The van der Waals surface area contributed by atoms with E-state index in [0.29, 0.717) is 33.5 Å². The summed E-state index contributed by atoms with van der Waals surface area (Å²) in [6, 6.07) is 20.8. The van der Waals surface area contributed by atoms with Gasteiger partial charge in [-0.15, -0.1) is 4.40 Å². The van der Waals surface area contributed by atoms with Crippen LogP contribution in [-0.4, -0.2) is 15.5 Å². The van der Waals surface area contributed by atoms with Crippen LogP contribution in [0.3, 0.4) is 0 Å². The second-order valence-corrected chi connectivity index (χ2v) is 8.38. The second-order valence-electron chi connectivity index (χ2n) is 6.77. The van der Waals surface area contributed by atoms with Crippen LogP contribution in [0, 0.1) is 6.92 Å². The third kappa shape index (κ3) is 3.55. The number of aryl methyl sites for hydroxylation is 1. The van der Waals surface area contributed by atoms with Crippen LogP contribution in [0.1, 0.15) is 5.56 Å². The lowest BCUT2D eigenvalue weighted by Crippen LogP contribution is -2.14. The third-order valence-electron chi connectivity index (χ3n) is 4.77. The number of sulfonamides is 1. The number of hydrogen-bond acceptors (Lipinski definition) is 5. The number of para-hydroxylation sites is 2. The van der Waals surface area contributed by atoms with Crippen LogP contribution in [0.2, 0.25) is 0 Å². The Kier molecular flexibility index (Phi) is 5.05. The monoisotopic (exact) mass is 420 g/mol. The summed E-state index contributed by atoms with van der Waals surface area (Å²) in [7, 11) is -2.50. The lowest BCUT2D eigenvalue weighted by atomic mass is 10.0. The lowest BCUT2D eigenvalue weighted by molar-refractivity contribution is 0.416. The molecule has 0 unspecified atom stereocenters. The highest BCUT2D eigenvalue weighted by atomic mass is 32.2. The summed E-state index contributed by atoms with van der Waals surface area (Å²) in [5.74, 6) is 0.527. The van der Waals surface area contributed by atoms with Gasteiger partial charge < -0.3 is 14.9 Å². The summed E-state index contributed by atoms with van der Waals surface area (Å²) >= 11 is 0. The Bertz CT molecular complexity index is 1410. The van der Waals surface area contributed by atoms with E-state index in [2.05, 4.69) is 4.40 Å². The molecule has 0 atom stereocenters. The molecule has 4 aromatic rings. The number of ether oxygens (including phenoxy) is 1. The first-order valence-electron chi connectivity index (χ1n) is 9.23. The van der Waals surface area contributed by atoms with Gasteiger partial charge >= 0.3 is 0 Å². The van der Waals surface area contributed by atoms with Gasteiger partial charge in [0, 0.05) is 10.9 Å². The first kappa shape index (κ1) is 19.7. The van der Waals surface area contributed by atoms with Gasteiger partial charge in [-0.25, -0.2) is 0 Å². The number of nitrogens with zero attached hydrogens (tertiary/aromatic N) is 1. The van der Waals surface area contributed by atoms with Crippen molar-refractivity contribution < 1.29 is 17.6 Å². The summed E-state index contributed by atoms with van der Waals surface area (Å²) in [6.07, 6.45) is 0. The van der Waals surface area contributed by atoms with Crippen LogP contribution in [0.25, 0.3) is 22.1 Å². The maximum absolute atomic E-state index is 13.0. The van der Waals surface area contributed by atoms with Gasteiger partial charge in [0.25, 0.3) is 10.0 Å². The average Bonchev–Trinajstić information content (AvgIpc) is 2.74. The Morgan fingerprint density at radius 2 is 1.60 bits per heavy atom. The minimum Gasteiger partial charge on any atom is -0.496 e. The van der Waals surface area contributed by atoms with E-state index in [9.17, 15) is 8.42 Å². The van der Waals surface area contributed by atoms with Crippen molar-refractivity contribution in [3.63, 3.8) is 0 Å². The van der Waals surface area contributed by atoms with Crippen LogP contribution < -0.4 is 16.0 Å². The Labute approximate surface area is 174 Å². The molecule has 3 aromatic carbocycles. The number of nitrogen functional groups attached to an aromatic ring is 1. The average molecular weight is 420 g/mol. The predicted molar refractivity (Wildman–Crippen MR) is 117 cm³/mol. The first-order chi connectivity index (χ1) is 14.4. The van der Waals surface area contributed by atoms with E-state index in [1.807, 2.05) is 31.2 Å². The van der Waals surface area contributed by atoms with Crippen LogP contribution in [0.5, 0.6) is 5.75 Å². The number of methoxy groups -OCH3 is 1. The SMILES string of the molecule is COc1ccccc1-c1c(N)c2ccccc2o/c1=N\S(=O)(=O)c1ccc(C)cc1. The van der Waals surface area contributed by atoms with Crippen molar-refractivity contribution in [1.29, 1.82) is 0 Å². The molecule has 0 spiro atoms. The van der Waals surface area contributed by atoms with E-state index < -0.39 is 10.0 Å². The lowest BCUT2D eigenvalue weighted by Gasteiger charge is -2.12. The Hall–Kier alpha value is -3.58. The number of nitrogens with two attached hydrogens (primary N) is 1. The molecule has 0 bridgehead atoms. The molecular weight excluding hydrogens is 400 g/mol. The first-order valence-corrected chi connectivity index (χ1v) is 10.7. The van der Waals surface area contributed by atoms with E-state index in [4.69, 9.17) is 14.9 Å². The summed E-state index contributed by atoms with van der Waals surface area (Å²) in [5.41, 5.74) is 9.08. The Morgan fingerprint density at radius 1 is 0.933 bits per heavy atom. The third-order valence-corrected chi connectivity index (χ3v) is 6.04. The van der Waals surface area contributed by atoms with E-state index in [1.165, 1.54) is 19.2 Å². The van der Waals surface area contributed by atoms with Gasteiger partial charge in [-0.1, -0.05) is 48.0 Å². The van der Waals surface area contributed by atoms with Gasteiger partial charge in [0.1, 0.15) is 11.3 Å². The number of anilines is 1. The molecule has 6 nitrogen and oxygen atoms in total. The second kappa shape index (κ2) is 7.68. The van der Waals surface area contributed by atoms with Gasteiger partial charge in [-0.2, -0.15) is 8.42 Å². The highest BCUT2D eigenvalue weighted by Crippen LogP contribution is 2.35. The summed E-state index contributed by atoms with van der Waals surface area (Å²) in [4.78, 5) is 0.0704. The molecule has 30 heavy (non-hydrogen) atoms. The molecule has 7 heteroatoms. The highest BCUT2D eigenvalue weighted by molar-refractivity contribution is 7.90. The van der Waals surface area contributed by atoms with Crippen molar-refractivity contribution in [2.45, 2.75) is 11.8 Å². The highest BCUT2D eigenvalue weighted by Gasteiger charge is 2.19. The zero-order valence-corrected chi connectivity index (χ0v) is 17.3. The number of rotatable bonds is 4. The Morgan fingerprint density at radius 3 is 2.33 bits per heavy atom. The molecule has 0 aliphatic rings. The predicted octanol–water partition coefficient (Wildman–Crippen LogP) is 4.29. The van der Waals surface area contributed by atoms with E-state index >= 15 is 0 Å². The number of benzene rings is 3. The molecule has 2 N–H and O–H groups in total. The molecule has 152 valence electrons. The van der Waals surface area contributed by atoms with Crippen molar-refractivity contribution in [3.05, 3.63) is 83.9 Å². The molecule has 0 saturated carbocycles. The molecule has 4 rings (SSSR count). The minimum atomic E-state index is -4.03. The van der Waals surface area contributed by atoms with Crippen molar-refractivity contribution in [1.82, 2.24) is 0 Å². The fourth-order valence-electron chi connectivity index (χ4n) is 3.23. The molecule has 0 amide bonds. The van der Waals surface area contributed by atoms with Crippen molar-refractivity contribution in [3.8, 4) is 16.9 Å². The van der Waals surface area contributed by atoms with Gasteiger partial charge in [0.15, 0.2) is 0 Å². The van der Waals surface area contributed by atoms with Gasteiger partial charge in [-0.05, 0) is 37.3 Å². The summed E-state index contributed by atoms with van der Waals surface area (Å²) in [5, 5.41) is 0.657. The smallest absolute Gasteiger partial charge is 0.285 e. The van der Waals surface area contributed by atoms with Crippen molar-refractivity contribution in [2.24, 2.45) is 4.40 Å². The molecule has 1 aromatic heterocycles. The zero-order valence-electron chi connectivity index (χ0n) is 16.5. The molecule has 0 aliphatic heterocycles. The molecule has 0 saturated heterocycles. The fourth-order valence-corrected chi connectivity index (χ4v) is 4.16. The van der Waals surface area contributed by atoms with E-state index in [1.54, 1.807) is 36.4 Å². The zero-order chi connectivity index (χ0) is 21.3. The normalized spacial score (nSPS) is 12.3.